The van der Waals surface area contributed by atoms with Crippen LogP contribution in [0.3, 0.4) is 0 Å². The number of nitrogens with zero attached hydrogens (tertiary/aromatic N) is 2. The minimum absolute atomic E-state index is 0.155. The van der Waals surface area contributed by atoms with Crippen molar-refractivity contribution in [1.29, 1.82) is 0 Å². The Morgan fingerprint density at radius 1 is 1.40 bits per heavy atom. The van der Waals surface area contributed by atoms with Gasteiger partial charge in [-0.05, 0) is 42.8 Å². The number of carboxylic acids is 1. The SMILES string of the molecule is C=C(C)COc1ccc(-c2cc(C(=O)O)n(C)n2)cc1. The molecule has 0 saturated heterocycles. The largest absolute Gasteiger partial charge is 0.489 e. The van der Waals surface area contributed by atoms with Crippen molar-refractivity contribution in [3.05, 3.63) is 48.2 Å². The Kier molecular flexibility index (Phi) is 3.89. The molecule has 0 radical (unpaired) electrons. The Morgan fingerprint density at radius 3 is 2.55 bits per heavy atom. The van der Waals surface area contributed by atoms with E-state index >= 15 is 0 Å². The second-order valence-electron chi connectivity index (χ2n) is 4.61. The van der Waals surface area contributed by atoms with Gasteiger partial charge in [-0.15, -0.1) is 0 Å². The molecule has 0 aliphatic heterocycles. The maximum Gasteiger partial charge on any atom is 0.354 e. The summed E-state index contributed by atoms with van der Waals surface area (Å²) in [5, 5.41) is 13.2. The molecule has 2 rings (SSSR count). The van der Waals surface area contributed by atoms with Gasteiger partial charge in [0, 0.05) is 12.6 Å². The van der Waals surface area contributed by atoms with Crippen molar-refractivity contribution in [2.45, 2.75) is 6.92 Å². The minimum atomic E-state index is -0.993. The number of rotatable bonds is 5. The van der Waals surface area contributed by atoms with Crippen LogP contribution in [-0.2, 0) is 7.05 Å². The first-order valence-corrected chi connectivity index (χ1v) is 6.12. The van der Waals surface area contributed by atoms with Crippen LogP contribution in [0.25, 0.3) is 11.3 Å². The first-order chi connectivity index (χ1) is 9.47. The number of hydrogen-bond donors (Lipinski definition) is 1. The monoisotopic (exact) mass is 272 g/mol. The Labute approximate surface area is 117 Å². The summed E-state index contributed by atoms with van der Waals surface area (Å²) in [6, 6.07) is 8.90. The van der Waals surface area contributed by atoms with Crippen molar-refractivity contribution in [2.24, 2.45) is 7.05 Å². The lowest BCUT2D eigenvalue weighted by Gasteiger charge is -2.05. The van der Waals surface area contributed by atoms with E-state index in [9.17, 15) is 4.79 Å². The zero-order chi connectivity index (χ0) is 14.7. The molecule has 1 heterocycles. The van der Waals surface area contributed by atoms with Gasteiger partial charge in [0.15, 0.2) is 0 Å². The molecule has 0 aliphatic rings. The quantitative estimate of drug-likeness (QED) is 0.850. The van der Waals surface area contributed by atoms with Gasteiger partial charge in [-0.25, -0.2) is 4.79 Å². The van der Waals surface area contributed by atoms with Crippen LogP contribution in [0.1, 0.15) is 17.4 Å². The van der Waals surface area contributed by atoms with Crippen molar-refractivity contribution >= 4 is 5.97 Å². The smallest absolute Gasteiger partial charge is 0.354 e. The van der Waals surface area contributed by atoms with E-state index in [1.165, 1.54) is 4.68 Å². The normalized spacial score (nSPS) is 10.3. The van der Waals surface area contributed by atoms with Crippen LogP contribution in [0.4, 0.5) is 0 Å². The molecular weight excluding hydrogens is 256 g/mol. The van der Waals surface area contributed by atoms with E-state index in [2.05, 4.69) is 11.7 Å². The van der Waals surface area contributed by atoms with Crippen LogP contribution < -0.4 is 4.74 Å². The summed E-state index contributed by atoms with van der Waals surface area (Å²) in [7, 11) is 1.61. The Bertz CT molecular complexity index is 642. The zero-order valence-corrected chi connectivity index (χ0v) is 11.5. The third-order valence-electron chi connectivity index (χ3n) is 2.73. The van der Waals surface area contributed by atoms with Crippen LogP contribution >= 0.6 is 0 Å². The predicted octanol–water partition coefficient (Wildman–Crippen LogP) is 2.74. The fraction of sp³-hybridized carbons (Fsp3) is 0.200. The summed E-state index contributed by atoms with van der Waals surface area (Å²) in [4.78, 5) is 11.0. The van der Waals surface area contributed by atoms with Gasteiger partial charge in [0.25, 0.3) is 0 Å². The molecule has 0 unspecified atom stereocenters. The van der Waals surface area contributed by atoms with Gasteiger partial charge in [0.05, 0.1) is 5.69 Å². The molecule has 1 aromatic heterocycles. The molecule has 2 aromatic rings. The van der Waals surface area contributed by atoms with Gasteiger partial charge in [-0.3, -0.25) is 4.68 Å². The summed E-state index contributed by atoms with van der Waals surface area (Å²) in [5.74, 6) is -0.251. The van der Waals surface area contributed by atoms with E-state index < -0.39 is 5.97 Å². The van der Waals surface area contributed by atoms with E-state index in [0.29, 0.717) is 12.3 Å². The number of aryl methyl sites for hydroxylation is 1. The van der Waals surface area contributed by atoms with Crippen molar-refractivity contribution < 1.29 is 14.6 Å². The highest BCUT2D eigenvalue weighted by atomic mass is 16.5. The molecule has 0 spiro atoms. The molecule has 0 amide bonds. The molecule has 104 valence electrons. The average molecular weight is 272 g/mol. The first kappa shape index (κ1) is 13.9. The van der Waals surface area contributed by atoms with E-state index in [1.807, 2.05) is 31.2 Å². The molecule has 0 atom stereocenters. The maximum atomic E-state index is 11.0. The number of hydrogen-bond acceptors (Lipinski definition) is 3. The number of benzene rings is 1. The number of aromatic carboxylic acids is 1. The fourth-order valence-corrected chi connectivity index (χ4v) is 1.74. The van der Waals surface area contributed by atoms with E-state index in [0.717, 1.165) is 16.9 Å². The third kappa shape index (κ3) is 3.06. The summed E-state index contributed by atoms with van der Waals surface area (Å²) < 4.78 is 6.86. The predicted molar refractivity (Wildman–Crippen MR) is 75.9 cm³/mol. The summed E-state index contributed by atoms with van der Waals surface area (Å²) in [5.41, 5.74) is 2.57. The number of ether oxygens (including phenoxy) is 1. The second kappa shape index (κ2) is 5.61. The van der Waals surface area contributed by atoms with Gasteiger partial charge < -0.3 is 9.84 Å². The Hall–Kier alpha value is -2.56. The van der Waals surface area contributed by atoms with Gasteiger partial charge in [0.1, 0.15) is 18.1 Å². The van der Waals surface area contributed by atoms with Crippen molar-refractivity contribution in [3.8, 4) is 17.0 Å². The van der Waals surface area contributed by atoms with E-state index in [-0.39, 0.29) is 5.69 Å². The number of carboxylic acid groups (broad SMARTS) is 1. The average Bonchev–Trinajstić information content (AvgIpc) is 2.79. The Morgan fingerprint density at radius 2 is 2.05 bits per heavy atom. The van der Waals surface area contributed by atoms with Gasteiger partial charge in [-0.1, -0.05) is 6.58 Å². The fourth-order valence-electron chi connectivity index (χ4n) is 1.74. The molecule has 1 N–H and O–H groups in total. The summed E-state index contributed by atoms with van der Waals surface area (Å²) >= 11 is 0. The molecule has 0 fully saturated rings. The highest BCUT2D eigenvalue weighted by molar-refractivity contribution is 5.87. The molecule has 0 saturated carbocycles. The van der Waals surface area contributed by atoms with Gasteiger partial charge in [-0.2, -0.15) is 5.10 Å². The third-order valence-corrected chi connectivity index (χ3v) is 2.73. The van der Waals surface area contributed by atoms with Crippen LogP contribution in [0, 0.1) is 0 Å². The van der Waals surface area contributed by atoms with Crippen molar-refractivity contribution in [2.75, 3.05) is 6.61 Å². The van der Waals surface area contributed by atoms with Crippen LogP contribution in [0.2, 0.25) is 0 Å². The summed E-state index contributed by atoms with van der Waals surface area (Å²) in [6.07, 6.45) is 0. The number of carbonyl (C=O) groups is 1. The van der Waals surface area contributed by atoms with Crippen LogP contribution in [-0.4, -0.2) is 27.5 Å². The second-order valence-corrected chi connectivity index (χ2v) is 4.61. The molecule has 5 heteroatoms. The summed E-state index contributed by atoms with van der Waals surface area (Å²) in [6.45, 7) is 6.15. The lowest BCUT2D eigenvalue weighted by Crippen LogP contribution is -2.04. The van der Waals surface area contributed by atoms with Crippen LogP contribution in [0.15, 0.2) is 42.5 Å². The Balaban J connectivity index is 2.19. The highest BCUT2D eigenvalue weighted by Gasteiger charge is 2.12. The van der Waals surface area contributed by atoms with Crippen molar-refractivity contribution in [3.63, 3.8) is 0 Å². The molecular formula is C15H16N2O3. The molecule has 20 heavy (non-hydrogen) atoms. The van der Waals surface area contributed by atoms with Gasteiger partial charge in [0.2, 0.25) is 0 Å². The molecule has 0 bridgehead atoms. The molecule has 1 aromatic carbocycles. The first-order valence-electron chi connectivity index (χ1n) is 6.12. The lowest BCUT2D eigenvalue weighted by atomic mass is 10.1. The lowest BCUT2D eigenvalue weighted by molar-refractivity contribution is 0.0685. The maximum absolute atomic E-state index is 11.0. The van der Waals surface area contributed by atoms with Gasteiger partial charge >= 0.3 is 5.97 Å². The highest BCUT2D eigenvalue weighted by Crippen LogP contribution is 2.22. The number of aromatic nitrogens is 2. The minimum Gasteiger partial charge on any atom is -0.489 e. The zero-order valence-electron chi connectivity index (χ0n) is 11.5. The topological polar surface area (TPSA) is 64.3 Å². The molecule has 5 nitrogen and oxygen atoms in total. The van der Waals surface area contributed by atoms with Crippen molar-refractivity contribution in [1.82, 2.24) is 9.78 Å². The van der Waals surface area contributed by atoms with Crippen LogP contribution in [0.5, 0.6) is 5.75 Å². The van der Waals surface area contributed by atoms with E-state index in [1.54, 1.807) is 13.1 Å². The molecule has 0 aliphatic carbocycles. The van der Waals surface area contributed by atoms with E-state index in [4.69, 9.17) is 9.84 Å². The standard InChI is InChI=1S/C15H16N2O3/c1-10(2)9-20-12-6-4-11(5-7-12)13-8-14(15(18)19)17(3)16-13/h4-8H,1,9H2,2-3H3,(H,18,19).